The van der Waals surface area contributed by atoms with Crippen LogP contribution in [0.3, 0.4) is 0 Å². The summed E-state index contributed by atoms with van der Waals surface area (Å²) in [5.74, 6) is 0.413. The molecule has 1 aliphatic rings. The van der Waals surface area contributed by atoms with Crippen LogP contribution in [0.15, 0.2) is 20.8 Å². The Labute approximate surface area is 97.4 Å². The van der Waals surface area contributed by atoms with Gasteiger partial charge in [-0.15, -0.1) is 0 Å². The van der Waals surface area contributed by atoms with Crippen LogP contribution in [0.1, 0.15) is 20.3 Å². The second-order valence-electron chi connectivity index (χ2n) is 3.23. The van der Waals surface area contributed by atoms with E-state index in [1.807, 2.05) is 13.0 Å². The van der Waals surface area contributed by atoms with Crippen molar-refractivity contribution in [3.05, 3.63) is 20.8 Å². The standard InChI is InChI=1S/C10H12ClIO/c1-3-7-6(2)10(13)9(12)5-4-8(7)11/h4-7H,3H2,1-2H3. The van der Waals surface area contributed by atoms with Crippen molar-refractivity contribution in [1.29, 1.82) is 0 Å². The fourth-order valence-corrected chi connectivity index (χ4v) is 2.62. The highest BCUT2D eigenvalue weighted by atomic mass is 127. The highest BCUT2D eigenvalue weighted by Crippen LogP contribution is 2.33. The van der Waals surface area contributed by atoms with Crippen molar-refractivity contribution in [1.82, 2.24) is 0 Å². The Balaban J connectivity index is 3.01. The van der Waals surface area contributed by atoms with Crippen LogP contribution in [0.2, 0.25) is 0 Å². The topological polar surface area (TPSA) is 17.1 Å². The SMILES string of the molecule is CCC1C(Cl)=CC=C(I)C(=O)C1C. The predicted octanol–water partition coefficient (Wildman–Crippen LogP) is 3.67. The summed E-state index contributed by atoms with van der Waals surface area (Å²) < 4.78 is 0.777. The molecular formula is C10H12ClIO. The van der Waals surface area contributed by atoms with Crippen molar-refractivity contribution in [2.24, 2.45) is 11.8 Å². The van der Waals surface area contributed by atoms with E-state index < -0.39 is 0 Å². The number of halogens is 2. The Morgan fingerprint density at radius 3 is 2.69 bits per heavy atom. The van der Waals surface area contributed by atoms with Crippen LogP contribution in [-0.2, 0) is 4.79 Å². The molecule has 0 bridgehead atoms. The fraction of sp³-hybridized carbons (Fsp3) is 0.500. The van der Waals surface area contributed by atoms with Crippen LogP contribution in [0.25, 0.3) is 0 Å². The maximum absolute atomic E-state index is 11.7. The average Bonchev–Trinajstić information content (AvgIpc) is 2.20. The minimum Gasteiger partial charge on any atom is -0.293 e. The van der Waals surface area contributed by atoms with Gasteiger partial charge in [0.15, 0.2) is 5.78 Å². The van der Waals surface area contributed by atoms with Crippen molar-refractivity contribution >= 4 is 40.0 Å². The monoisotopic (exact) mass is 310 g/mol. The molecule has 0 aromatic carbocycles. The Kier molecular flexibility index (Phi) is 3.98. The summed E-state index contributed by atoms with van der Waals surface area (Å²) in [5.41, 5.74) is 0. The van der Waals surface area contributed by atoms with Gasteiger partial charge in [-0.3, -0.25) is 4.79 Å². The van der Waals surface area contributed by atoms with E-state index in [4.69, 9.17) is 11.6 Å². The third-order valence-corrected chi connectivity index (χ3v) is 3.73. The molecule has 0 radical (unpaired) electrons. The quantitative estimate of drug-likeness (QED) is 0.675. The Bertz CT molecular complexity index is 281. The predicted molar refractivity (Wildman–Crippen MR) is 64.0 cm³/mol. The van der Waals surface area contributed by atoms with E-state index in [1.54, 1.807) is 6.08 Å². The molecule has 1 rings (SSSR count). The molecule has 0 aromatic rings. The molecule has 0 heterocycles. The normalized spacial score (nSPS) is 29.4. The molecule has 1 nitrogen and oxygen atoms in total. The first-order valence-corrected chi connectivity index (χ1v) is 5.80. The van der Waals surface area contributed by atoms with E-state index in [0.717, 1.165) is 15.0 Å². The molecule has 0 fully saturated rings. The Hall–Kier alpha value is 0.170. The number of rotatable bonds is 1. The number of Topliss-reactive ketones (excluding diaryl/α,β-unsaturated/α-hetero) is 1. The number of ketones is 1. The number of hydrogen-bond donors (Lipinski definition) is 0. The number of carbonyl (C=O) groups excluding carboxylic acids is 1. The van der Waals surface area contributed by atoms with E-state index in [9.17, 15) is 4.79 Å². The lowest BCUT2D eigenvalue weighted by Gasteiger charge is -2.18. The van der Waals surface area contributed by atoms with Gasteiger partial charge in [0.1, 0.15) is 0 Å². The zero-order chi connectivity index (χ0) is 10.0. The Morgan fingerprint density at radius 2 is 2.15 bits per heavy atom. The molecule has 0 saturated heterocycles. The zero-order valence-corrected chi connectivity index (χ0v) is 10.6. The third kappa shape index (κ3) is 2.34. The van der Waals surface area contributed by atoms with Crippen molar-refractivity contribution < 1.29 is 4.79 Å². The minimum atomic E-state index is 0.0133. The lowest BCUT2D eigenvalue weighted by Crippen LogP contribution is -2.19. The van der Waals surface area contributed by atoms with E-state index in [2.05, 4.69) is 29.5 Å². The summed E-state index contributed by atoms with van der Waals surface area (Å²) in [4.78, 5) is 11.7. The number of allylic oxidation sites excluding steroid dienone is 4. The van der Waals surface area contributed by atoms with Gasteiger partial charge in [-0.05, 0) is 41.2 Å². The molecular weight excluding hydrogens is 298 g/mol. The molecule has 13 heavy (non-hydrogen) atoms. The van der Waals surface area contributed by atoms with Gasteiger partial charge in [0, 0.05) is 16.9 Å². The number of carbonyl (C=O) groups is 1. The largest absolute Gasteiger partial charge is 0.293 e. The first kappa shape index (κ1) is 11.2. The van der Waals surface area contributed by atoms with Crippen LogP contribution in [-0.4, -0.2) is 5.78 Å². The molecule has 2 unspecified atom stereocenters. The summed E-state index contributed by atoms with van der Waals surface area (Å²) in [5, 5.41) is 0.801. The minimum absolute atomic E-state index is 0.0133. The van der Waals surface area contributed by atoms with Crippen LogP contribution in [0.4, 0.5) is 0 Å². The van der Waals surface area contributed by atoms with Crippen molar-refractivity contribution in [3.8, 4) is 0 Å². The van der Waals surface area contributed by atoms with Crippen molar-refractivity contribution in [2.45, 2.75) is 20.3 Å². The molecule has 0 N–H and O–H groups in total. The summed E-state index contributed by atoms with van der Waals surface area (Å²) in [6, 6.07) is 0. The third-order valence-electron chi connectivity index (χ3n) is 2.44. The number of hydrogen-bond acceptors (Lipinski definition) is 1. The maximum atomic E-state index is 11.7. The van der Waals surface area contributed by atoms with Gasteiger partial charge in [-0.25, -0.2) is 0 Å². The van der Waals surface area contributed by atoms with Gasteiger partial charge >= 0.3 is 0 Å². The summed E-state index contributed by atoms with van der Waals surface area (Å²) in [6.07, 6.45) is 4.57. The lowest BCUT2D eigenvalue weighted by atomic mass is 9.89. The smallest absolute Gasteiger partial charge is 0.172 e. The second kappa shape index (κ2) is 4.60. The van der Waals surface area contributed by atoms with Gasteiger partial charge < -0.3 is 0 Å². The first-order valence-electron chi connectivity index (χ1n) is 4.35. The van der Waals surface area contributed by atoms with E-state index >= 15 is 0 Å². The second-order valence-corrected chi connectivity index (χ2v) is 4.83. The molecule has 0 spiro atoms. The van der Waals surface area contributed by atoms with Crippen LogP contribution in [0, 0.1) is 11.8 Å². The molecule has 0 saturated carbocycles. The van der Waals surface area contributed by atoms with Gasteiger partial charge in [0.2, 0.25) is 0 Å². The maximum Gasteiger partial charge on any atom is 0.172 e. The molecule has 0 aliphatic heterocycles. The van der Waals surface area contributed by atoms with Gasteiger partial charge in [-0.2, -0.15) is 0 Å². The van der Waals surface area contributed by atoms with Crippen LogP contribution in [0.5, 0.6) is 0 Å². The van der Waals surface area contributed by atoms with Crippen molar-refractivity contribution in [3.63, 3.8) is 0 Å². The molecule has 0 amide bonds. The van der Waals surface area contributed by atoms with E-state index in [0.29, 0.717) is 0 Å². The first-order chi connectivity index (χ1) is 6.07. The fourth-order valence-electron chi connectivity index (χ4n) is 1.55. The zero-order valence-electron chi connectivity index (χ0n) is 7.68. The molecule has 2 atom stereocenters. The lowest BCUT2D eigenvalue weighted by molar-refractivity contribution is -0.118. The molecule has 0 aromatic heterocycles. The van der Waals surface area contributed by atoms with E-state index in [-0.39, 0.29) is 17.6 Å². The van der Waals surface area contributed by atoms with Gasteiger partial charge in [0.05, 0.1) is 3.58 Å². The van der Waals surface area contributed by atoms with Gasteiger partial charge in [0.25, 0.3) is 0 Å². The molecule has 3 heteroatoms. The van der Waals surface area contributed by atoms with E-state index in [1.165, 1.54) is 0 Å². The molecule has 72 valence electrons. The van der Waals surface area contributed by atoms with Crippen molar-refractivity contribution in [2.75, 3.05) is 0 Å². The van der Waals surface area contributed by atoms with Crippen LogP contribution >= 0.6 is 34.2 Å². The summed E-state index contributed by atoms with van der Waals surface area (Å²) in [7, 11) is 0. The highest BCUT2D eigenvalue weighted by molar-refractivity contribution is 14.1. The van der Waals surface area contributed by atoms with Gasteiger partial charge in [-0.1, -0.05) is 25.4 Å². The Morgan fingerprint density at radius 1 is 1.54 bits per heavy atom. The van der Waals surface area contributed by atoms with Crippen LogP contribution < -0.4 is 0 Å². The average molecular weight is 311 g/mol. The summed E-state index contributed by atoms with van der Waals surface area (Å²) in [6.45, 7) is 4.01. The highest BCUT2D eigenvalue weighted by Gasteiger charge is 2.27. The molecule has 1 aliphatic carbocycles. The summed E-state index contributed by atoms with van der Waals surface area (Å²) >= 11 is 8.14.